The number of imide groups is 1. The second-order valence-corrected chi connectivity index (χ2v) is 7.27. The number of hydrogen-bond donors (Lipinski definition) is 1. The van der Waals surface area contributed by atoms with Gasteiger partial charge < -0.3 is 5.32 Å². The molecule has 0 aliphatic carbocycles. The van der Waals surface area contributed by atoms with Gasteiger partial charge in [-0.3, -0.25) is 19.3 Å². The maximum Gasteiger partial charge on any atom is 0.261 e. The lowest BCUT2D eigenvalue weighted by atomic mass is 10.1. The molecule has 1 aromatic carbocycles. The fourth-order valence-corrected chi connectivity index (χ4v) is 2.71. The van der Waals surface area contributed by atoms with Crippen molar-refractivity contribution in [3.8, 4) is 0 Å². The highest BCUT2D eigenvalue weighted by molar-refractivity contribution is 9.10. The molecule has 1 aliphatic rings. The van der Waals surface area contributed by atoms with E-state index in [2.05, 4.69) is 21.2 Å². The number of nitrogens with one attached hydrogen (secondary N) is 1. The van der Waals surface area contributed by atoms with Gasteiger partial charge in [0, 0.05) is 23.0 Å². The van der Waals surface area contributed by atoms with E-state index in [1.54, 1.807) is 18.2 Å². The Kier molecular flexibility index (Phi) is 4.70. The Balaban J connectivity index is 1.94. The Morgan fingerprint density at radius 2 is 1.82 bits per heavy atom. The van der Waals surface area contributed by atoms with Gasteiger partial charge in [-0.15, -0.1) is 0 Å². The van der Waals surface area contributed by atoms with Crippen molar-refractivity contribution in [2.45, 2.75) is 39.2 Å². The molecule has 6 heteroatoms. The van der Waals surface area contributed by atoms with E-state index in [9.17, 15) is 14.4 Å². The van der Waals surface area contributed by atoms with E-state index in [0.717, 1.165) is 4.47 Å². The van der Waals surface area contributed by atoms with Crippen LogP contribution in [-0.4, -0.2) is 34.7 Å². The Bertz CT molecular complexity index is 635. The maximum atomic E-state index is 12.2. The van der Waals surface area contributed by atoms with E-state index in [-0.39, 0.29) is 36.2 Å². The zero-order valence-electron chi connectivity index (χ0n) is 12.9. The number of rotatable bonds is 4. The van der Waals surface area contributed by atoms with Gasteiger partial charge >= 0.3 is 0 Å². The molecule has 1 N–H and O–H groups in total. The molecule has 1 aliphatic heterocycles. The summed E-state index contributed by atoms with van der Waals surface area (Å²) in [4.78, 5) is 37.4. The summed E-state index contributed by atoms with van der Waals surface area (Å²) in [6, 6.07) is 5.04. The van der Waals surface area contributed by atoms with Crippen molar-refractivity contribution in [3.05, 3.63) is 33.8 Å². The second kappa shape index (κ2) is 6.20. The first-order chi connectivity index (χ1) is 10.2. The Labute approximate surface area is 138 Å². The first-order valence-corrected chi connectivity index (χ1v) is 7.95. The second-order valence-electron chi connectivity index (χ2n) is 6.35. The van der Waals surface area contributed by atoms with Gasteiger partial charge in [0.2, 0.25) is 5.91 Å². The predicted molar refractivity (Wildman–Crippen MR) is 86.6 cm³/mol. The lowest BCUT2D eigenvalue weighted by Crippen LogP contribution is -2.41. The van der Waals surface area contributed by atoms with E-state index in [0.29, 0.717) is 17.5 Å². The molecule has 5 nitrogen and oxygen atoms in total. The summed E-state index contributed by atoms with van der Waals surface area (Å²) >= 11 is 3.30. The van der Waals surface area contributed by atoms with Crippen molar-refractivity contribution in [1.29, 1.82) is 0 Å². The first kappa shape index (κ1) is 16.7. The van der Waals surface area contributed by atoms with Crippen molar-refractivity contribution in [1.82, 2.24) is 10.2 Å². The van der Waals surface area contributed by atoms with Crippen molar-refractivity contribution < 1.29 is 14.4 Å². The molecule has 118 valence electrons. The molecule has 0 saturated heterocycles. The normalized spacial score (nSPS) is 14.3. The summed E-state index contributed by atoms with van der Waals surface area (Å²) in [5, 5.41) is 2.86. The highest BCUT2D eigenvalue weighted by atomic mass is 79.9. The smallest absolute Gasteiger partial charge is 0.261 e. The molecule has 0 radical (unpaired) electrons. The molecular weight excluding hydrogens is 348 g/mol. The minimum absolute atomic E-state index is 0.0770. The summed E-state index contributed by atoms with van der Waals surface area (Å²) in [5.74, 6) is -0.659. The lowest BCUT2D eigenvalue weighted by molar-refractivity contribution is -0.122. The third-order valence-corrected chi connectivity index (χ3v) is 3.73. The highest BCUT2D eigenvalue weighted by Gasteiger charge is 2.35. The molecule has 3 amide bonds. The Morgan fingerprint density at radius 3 is 2.45 bits per heavy atom. The molecule has 0 unspecified atom stereocenters. The molecule has 0 aromatic heterocycles. The van der Waals surface area contributed by atoms with Gasteiger partial charge in [0.05, 0.1) is 11.1 Å². The van der Waals surface area contributed by atoms with Crippen LogP contribution in [0.5, 0.6) is 0 Å². The van der Waals surface area contributed by atoms with Crippen LogP contribution in [0.15, 0.2) is 22.7 Å². The molecule has 1 heterocycles. The number of hydrogen-bond acceptors (Lipinski definition) is 3. The number of halogens is 1. The minimum atomic E-state index is -0.294. The van der Waals surface area contributed by atoms with Crippen LogP contribution < -0.4 is 5.32 Å². The largest absolute Gasteiger partial charge is 0.352 e. The molecule has 0 saturated carbocycles. The third kappa shape index (κ3) is 3.74. The van der Waals surface area contributed by atoms with Crippen LogP contribution in [0.25, 0.3) is 0 Å². The van der Waals surface area contributed by atoms with E-state index in [1.165, 1.54) is 4.90 Å². The topological polar surface area (TPSA) is 66.5 Å². The molecule has 2 rings (SSSR count). The van der Waals surface area contributed by atoms with Crippen LogP contribution in [0.1, 0.15) is 54.3 Å². The average Bonchev–Trinajstić information content (AvgIpc) is 2.61. The number of fused-ring (bicyclic) bond motifs is 1. The van der Waals surface area contributed by atoms with Crippen LogP contribution >= 0.6 is 15.9 Å². The van der Waals surface area contributed by atoms with Crippen molar-refractivity contribution in [3.63, 3.8) is 0 Å². The number of carbonyl (C=O) groups is 3. The SMILES string of the molecule is CC(C)(C)NC(=O)CCCN1C(=O)c2ccc(Br)cc2C1=O. The van der Waals surface area contributed by atoms with Crippen molar-refractivity contribution >= 4 is 33.7 Å². The third-order valence-electron chi connectivity index (χ3n) is 3.23. The van der Waals surface area contributed by atoms with Gasteiger partial charge in [-0.1, -0.05) is 15.9 Å². The average molecular weight is 367 g/mol. The fourth-order valence-electron chi connectivity index (χ4n) is 2.34. The Morgan fingerprint density at radius 1 is 1.18 bits per heavy atom. The van der Waals surface area contributed by atoms with Crippen molar-refractivity contribution in [2.24, 2.45) is 0 Å². The van der Waals surface area contributed by atoms with Crippen LogP contribution in [0, 0.1) is 0 Å². The van der Waals surface area contributed by atoms with Crippen LogP contribution in [-0.2, 0) is 4.79 Å². The summed E-state index contributed by atoms with van der Waals surface area (Å²) in [5.41, 5.74) is 0.560. The minimum Gasteiger partial charge on any atom is -0.352 e. The van der Waals surface area contributed by atoms with Crippen LogP contribution in [0.4, 0.5) is 0 Å². The van der Waals surface area contributed by atoms with Gasteiger partial charge in [0.1, 0.15) is 0 Å². The molecule has 0 atom stereocenters. The van der Waals surface area contributed by atoms with E-state index < -0.39 is 0 Å². The van der Waals surface area contributed by atoms with E-state index >= 15 is 0 Å². The van der Waals surface area contributed by atoms with E-state index in [1.807, 2.05) is 20.8 Å². The summed E-state index contributed by atoms with van der Waals surface area (Å²) in [6.45, 7) is 5.98. The van der Waals surface area contributed by atoms with Gasteiger partial charge in [0.15, 0.2) is 0 Å². The lowest BCUT2D eigenvalue weighted by Gasteiger charge is -2.21. The van der Waals surface area contributed by atoms with Crippen LogP contribution in [0.3, 0.4) is 0 Å². The number of nitrogens with zero attached hydrogens (tertiary/aromatic N) is 1. The van der Waals surface area contributed by atoms with Gasteiger partial charge in [-0.25, -0.2) is 0 Å². The molecular formula is C16H19BrN2O3. The molecule has 0 spiro atoms. The zero-order chi connectivity index (χ0) is 16.5. The zero-order valence-corrected chi connectivity index (χ0v) is 14.5. The van der Waals surface area contributed by atoms with Crippen LogP contribution in [0.2, 0.25) is 0 Å². The molecule has 0 bridgehead atoms. The number of carbonyl (C=O) groups excluding carboxylic acids is 3. The number of amides is 3. The van der Waals surface area contributed by atoms with Gasteiger partial charge in [0.25, 0.3) is 11.8 Å². The first-order valence-electron chi connectivity index (χ1n) is 7.16. The Hall–Kier alpha value is -1.69. The summed E-state index contributed by atoms with van der Waals surface area (Å²) in [6.07, 6.45) is 0.739. The van der Waals surface area contributed by atoms with Gasteiger partial charge in [-0.05, 0) is 45.4 Å². The summed E-state index contributed by atoms with van der Waals surface area (Å²) in [7, 11) is 0. The molecule has 22 heavy (non-hydrogen) atoms. The molecule has 0 fully saturated rings. The molecule has 1 aromatic rings. The highest BCUT2D eigenvalue weighted by Crippen LogP contribution is 2.26. The van der Waals surface area contributed by atoms with Crippen molar-refractivity contribution in [2.75, 3.05) is 6.54 Å². The standard InChI is InChI=1S/C16H19BrN2O3/c1-16(2,3)18-13(20)5-4-8-19-14(21)11-7-6-10(17)9-12(11)15(19)22/h6-7,9H,4-5,8H2,1-3H3,(H,18,20). The van der Waals surface area contributed by atoms with E-state index in [4.69, 9.17) is 0 Å². The maximum absolute atomic E-state index is 12.2. The summed E-state index contributed by atoms with van der Waals surface area (Å²) < 4.78 is 0.763. The number of benzene rings is 1. The monoisotopic (exact) mass is 366 g/mol. The predicted octanol–water partition coefficient (Wildman–Crippen LogP) is 2.74. The van der Waals surface area contributed by atoms with Gasteiger partial charge in [-0.2, -0.15) is 0 Å². The fraction of sp³-hybridized carbons (Fsp3) is 0.438. The quantitative estimate of drug-likeness (QED) is 0.833.